The first-order valence-corrected chi connectivity index (χ1v) is 9.92. The van der Waals surface area contributed by atoms with Gasteiger partial charge in [-0.25, -0.2) is 0 Å². The zero-order valence-corrected chi connectivity index (χ0v) is 17.5. The molecule has 7 heteroatoms. The third-order valence-corrected chi connectivity index (χ3v) is 5.80. The highest BCUT2D eigenvalue weighted by Gasteiger charge is 2.30. The Morgan fingerprint density at radius 1 is 1.25 bits per heavy atom. The smallest absolute Gasteiger partial charge is 0.236 e. The number of hydrogen-bond donors (Lipinski definition) is 1. The lowest BCUT2D eigenvalue weighted by molar-refractivity contribution is -0.135. The Kier molecular flexibility index (Phi) is 6.75. The number of hydrogen-bond acceptors (Lipinski definition) is 4. The Hall–Kier alpha value is -1.89. The lowest BCUT2D eigenvalue weighted by Crippen LogP contribution is -2.56. The summed E-state index contributed by atoms with van der Waals surface area (Å²) in [7, 11) is 1.99. The number of piperidine rings is 1. The summed E-state index contributed by atoms with van der Waals surface area (Å²) in [6.07, 6.45) is 4.12. The Labute approximate surface area is 173 Å². The number of carbonyl (C=O) groups is 1. The SMILES string of the molecule is Cc1ccc(CN2CCCC(N3CCNCC3=O)C2)c(-c2ccnn2C)c1.Cl. The Balaban J connectivity index is 0.00000225. The van der Waals surface area contributed by atoms with Crippen LogP contribution in [0, 0.1) is 6.92 Å². The molecule has 152 valence electrons. The van der Waals surface area contributed by atoms with Crippen molar-refractivity contribution in [2.24, 2.45) is 7.05 Å². The normalized spacial score (nSPS) is 20.9. The highest BCUT2D eigenvalue weighted by molar-refractivity contribution is 5.85. The molecule has 1 N–H and O–H groups in total. The van der Waals surface area contributed by atoms with Gasteiger partial charge in [0.2, 0.25) is 5.91 Å². The van der Waals surface area contributed by atoms with Gasteiger partial charge in [-0.2, -0.15) is 5.10 Å². The van der Waals surface area contributed by atoms with Crippen LogP contribution in [0.25, 0.3) is 11.3 Å². The van der Waals surface area contributed by atoms with Gasteiger partial charge in [-0.3, -0.25) is 14.4 Å². The molecule has 1 amide bonds. The van der Waals surface area contributed by atoms with Gasteiger partial charge >= 0.3 is 0 Å². The van der Waals surface area contributed by atoms with Crippen molar-refractivity contribution in [3.8, 4) is 11.3 Å². The second kappa shape index (κ2) is 9.07. The van der Waals surface area contributed by atoms with Gasteiger partial charge in [0.15, 0.2) is 0 Å². The van der Waals surface area contributed by atoms with Gasteiger partial charge in [0.05, 0.1) is 12.2 Å². The summed E-state index contributed by atoms with van der Waals surface area (Å²) in [5, 5.41) is 7.52. The molecule has 4 rings (SSSR count). The summed E-state index contributed by atoms with van der Waals surface area (Å²) in [5.41, 5.74) is 5.00. The average Bonchev–Trinajstić information content (AvgIpc) is 3.10. The Bertz CT molecular complexity index is 821. The van der Waals surface area contributed by atoms with Crippen molar-refractivity contribution < 1.29 is 4.79 Å². The second-order valence-electron chi connectivity index (χ2n) is 7.80. The van der Waals surface area contributed by atoms with Crippen molar-refractivity contribution in [1.29, 1.82) is 0 Å². The minimum Gasteiger partial charge on any atom is -0.336 e. The molecule has 28 heavy (non-hydrogen) atoms. The number of amides is 1. The van der Waals surface area contributed by atoms with Crippen LogP contribution in [0.2, 0.25) is 0 Å². The summed E-state index contributed by atoms with van der Waals surface area (Å²) in [4.78, 5) is 16.9. The number of benzene rings is 1. The number of halogens is 1. The zero-order chi connectivity index (χ0) is 18.8. The van der Waals surface area contributed by atoms with Crippen LogP contribution in [0.1, 0.15) is 24.0 Å². The van der Waals surface area contributed by atoms with E-state index in [2.05, 4.69) is 51.4 Å². The molecule has 6 nitrogen and oxygen atoms in total. The fourth-order valence-electron chi connectivity index (χ4n) is 4.38. The van der Waals surface area contributed by atoms with Gasteiger partial charge in [-0.1, -0.05) is 17.7 Å². The van der Waals surface area contributed by atoms with Gasteiger partial charge < -0.3 is 10.2 Å². The molecular formula is C21H30ClN5O. The molecule has 0 spiro atoms. The van der Waals surface area contributed by atoms with E-state index in [1.807, 2.05) is 17.9 Å². The van der Waals surface area contributed by atoms with Crippen molar-refractivity contribution in [1.82, 2.24) is 24.9 Å². The molecule has 0 radical (unpaired) electrons. The van der Waals surface area contributed by atoms with E-state index in [0.29, 0.717) is 12.6 Å². The van der Waals surface area contributed by atoms with E-state index in [4.69, 9.17) is 0 Å². The van der Waals surface area contributed by atoms with E-state index in [9.17, 15) is 4.79 Å². The molecule has 3 heterocycles. The van der Waals surface area contributed by atoms with Crippen LogP contribution in [0.5, 0.6) is 0 Å². The number of likely N-dealkylation sites (tertiary alicyclic amines) is 1. The fourth-order valence-corrected chi connectivity index (χ4v) is 4.38. The minimum absolute atomic E-state index is 0. The topological polar surface area (TPSA) is 53.4 Å². The quantitative estimate of drug-likeness (QED) is 0.850. The van der Waals surface area contributed by atoms with Gasteiger partial charge in [-0.15, -0.1) is 12.4 Å². The lowest BCUT2D eigenvalue weighted by atomic mass is 9.98. The molecule has 1 aromatic heterocycles. The predicted molar refractivity (Wildman–Crippen MR) is 114 cm³/mol. The van der Waals surface area contributed by atoms with E-state index >= 15 is 0 Å². The number of nitrogens with one attached hydrogen (secondary N) is 1. The Morgan fingerprint density at radius 2 is 2.11 bits per heavy atom. The van der Waals surface area contributed by atoms with Crippen molar-refractivity contribution in [3.05, 3.63) is 41.6 Å². The molecule has 1 atom stereocenters. The molecular weight excluding hydrogens is 374 g/mol. The van der Waals surface area contributed by atoms with Crippen LogP contribution < -0.4 is 5.32 Å². The summed E-state index contributed by atoms with van der Waals surface area (Å²) in [5.74, 6) is 0.249. The number of piperazine rings is 1. The largest absolute Gasteiger partial charge is 0.336 e. The first-order chi connectivity index (χ1) is 13.1. The molecule has 0 bridgehead atoms. The molecule has 2 aliphatic rings. The van der Waals surface area contributed by atoms with Crippen LogP contribution in [0.3, 0.4) is 0 Å². The van der Waals surface area contributed by atoms with Crippen molar-refractivity contribution >= 4 is 18.3 Å². The van der Waals surface area contributed by atoms with E-state index in [1.165, 1.54) is 16.7 Å². The maximum absolute atomic E-state index is 12.3. The lowest BCUT2D eigenvalue weighted by Gasteiger charge is -2.41. The molecule has 2 aliphatic heterocycles. The first-order valence-electron chi connectivity index (χ1n) is 9.92. The van der Waals surface area contributed by atoms with E-state index in [0.717, 1.165) is 51.3 Å². The summed E-state index contributed by atoms with van der Waals surface area (Å²) in [6.45, 7) is 7.33. The van der Waals surface area contributed by atoms with Gasteiger partial charge in [0.1, 0.15) is 0 Å². The Morgan fingerprint density at radius 3 is 2.86 bits per heavy atom. The summed E-state index contributed by atoms with van der Waals surface area (Å²) < 4.78 is 1.94. The predicted octanol–water partition coefficient (Wildman–Crippen LogP) is 2.21. The fraction of sp³-hybridized carbons (Fsp3) is 0.524. The maximum atomic E-state index is 12.3. The minimum atomic E-state index is 0. The second-order valence-corrected chi connectivity index (χ2v) is 7.80. The van der Waals surface area contributed by atoms with Crippen molar-refractivity contribution in [3.63, 3.8) is 0 Å². The number of rotatable bonds is 4. The first kappa shape index (κ1) is 20.8. The molecule has 0 aliphatic carbocycles. The van der Waals surface area contributed by atoms with Crippen LogP contribution in [-0.4, -0.2) is 64.3 Å². The number of aromatic nitrogens is 2. The number of nitrogens with zero attached hydrogens (tertiary/aromatic N) is 4. The monoisotopic (exact) mass is 403 g/mol. The molecule has 2 fully saturated rings. The van der Waals surface area contributed by atoms with E-state index in [-0.39, 0.29) is 18.3 Å². The van der Waals surface area contributed by atoms with Crippen LogP contribution >= 0.6 is 12.4 Å². The van der Waals surface area contributed by atoms with Crippen LogP contribution in [0.4, 0.5) is 0 Å². The van der Waals surface area contributed by atoms with Crippen molar-refractivity contribution in [2.75, 3.05) is 32.7 Å². The zero-order valence-electron chi connectivity index (χ0n) is 16.7. The van der Waals surface area contributed by atoms with Gasteiger partial charge in [-0.05, 0) is 44.0 Å². The van der Waals surface area contributed by atoms with E-state index in [1.54, 1.807) is 0 Å². The highest BCUT2D eigenvalue weighted by atomic mass is 35.5. The van der Waals surface area contributed by atoms with Gasteiger partial charge in [0.25, 0.3) is 0 Å². The summed E-state index contributed by atoms with van der Waals surface area (Å²) >= 11 is 0. The van der Waals surface area contributed by atoms with Crippen LogP contribution in [0.15, 0.2) is 30.5 Å². The summed E-state index contributed by atoms with van der Waals surface area (Å²) in [6, 6.07) is 9.12. The average molecular weight is 404 g/mol. The number of carbonyl (C=O) groups excluding carboxylic acids is 1. The molecule has 0 saturated carbocycles. The van der Waals surface area contributed by atoms with Crippen LogP contribution in [-0.2, 0) is 18.4 Å². The van der Waals surface area contributed by atoms with Gasteiger partial charge in [0, 0.05) is 51.0 Å². The highest BCUT2D eigenvalue weighted by Crippen LogP contribution is 2.27. The van der Waals surface area contributed by atoms with E-state index < -0.39 is 0 Å². The number of aryl methyl sites for hydroxylation is 2. The molecule has 2 saturated heterocycles. The third-order valence-electron chi connectivity index (χ3n) is 5.80. The third kappa shape index (κ3) is 4.40. The molecule has 1 unspecified atom stereocenters. The van der Waals surface area contributed by atoms with Crippen molar-refractivity contribution in [2.45, 2.75) is 32.4 Å². The molecule has 1 aromatic carbocycles. The maximum Gasteiger partial charge on any atom is 0.236 e. The molecule has 2 aromatic rings. The standard InChI is InChI=1S/C21H29N5O.ClH/c1-16-5-6-17(19(12-16)20-7-8-23-24(20)2)14-25-10-3-4-18(15-25)26-11-9-22-13-21(26)27;/h5-8,12,18,22H,3-4,9-11,13-15H2,1-2H3;1H.